The molecular weight excluding hydrogens is 489 g/mol. The highest BCUT2D eigenvalue weighted by Gasteiger charge is 2.27. The van der Waals surface area contributed by atoms with Crippen LogP contribution in [0.3, 0.4) is 0 Å². The van der Waals surface area contributed by atoms with Gasteiger partial charge in [0, 0.05) is 38.8 Å². The maximum Gasteiger partial charge on any atom is 0.387 e. The first-order chi connectivity index (χ1) is 12.8. The number of nitrogens with one attached hydrogen (secondary N) is 3. The summed E-state index contributed by atoms with van der Waals surface area (Å²) in [6, 6.07) is 2.95. The number of alkyl halides is 2. The Morgan fingerprint density at radius 3 is 2.50 bits per heavy atom. The van der Waals surface area contributed by atoms with Gasteiger partial charge in [0.25, 0.3) is 0 Å². The predicted octanol–water partition coefficient (Wildman–Crippen LogP) is 2.07. The number of amides is 1. The van der Waals surface area contributed by atoms with Gasteiger partial charge in [-0.3, -0.25) is 9.79 Å². The van der Waals surface area contributed by atoms with E-state index < -0.39 is 12.0 Å². The van der Waals surface area contributed by atoms with E-state index in [0.717, 1.165) is 0 Å². The van der Waals surface area contributed by atoms with Crippen molar-refractivity contribution in [3.05, 3.63) is 17.7 Å². The minimum absolute atomic E-state index is 0. The highest BCUT2D eigenvalue weighted by atomic mass is 127. The molecule has 1 aromatic carbocycles. The lowest BCUT2D eigenvalue weighted by atomic mass is 9.92. The lowest BCUT2D eigenvalue weighted by Gasteiger charge is -2.24. The van der Waals surface area contributed by atoms with Crippen LogP contribution >= 0.6 is 24.0 Å². The summed E-state index contributed by atoms with van der Waals surface area (Å²) in [6.07, 6.45) is 0. The number of fused-ring (bicyclic) bond motifs is 1. The second-order valence-electron chi connectivity index (χ2n) is 6.43. The Morgan fingerprint density at radius 1 is 1.29 bits per heavy atom. The summed E-state index contributed by atoms with van der Waals surface area (Å²) in [5, 5.41) is 8.65. The molecule has 1 aliphatic rings. The molecule has 2 rings (SSSR count). The quantitative estimate of drug-likeness (QED) is 0.293. The molecule has 0 radical (unpaired) electrons. The normalized spacial score (nSPS) is 13.0. The number of hydrogen-bond donors (Lipinski definition) is 3. The molecule has 0 fully saturated rings. The molecule has 28 heavy (non-hydrogen) atoms. The van der Waals surface area contributed by atoms with Gasteiger partial charge < -0.3 is 30.2 Å². The van der Waals surface area contributed by atoms with E-state index in [2.05, 4.69) is 25.7 Å². The Hall–Kier alpha value is -2.05. The van der Waals surface area contributed by atoms with Gasteiger partial charge in [-0.1, -0.05) is 0 Å². The molecule has 0 spiro atoms. The third-order valence-electron chi connectivity index (χ3n) is 3.98. The molecule has 1 aromatic rings. The molecule has 0 atom stereocenters. The van der Waals surface area contributed by atoms with Crippen LogP contribution < -0.4 is 30.2 Å². The molecule has 0 saturated carbocycles. The highest BCUT2D eigenvalue weighted by Crippen LogP contribution is 2.38. The second-order valence-corrected chi connectivity index (χ2v) is 6.43. The van der Waals surface area contributed by atoms with Gasteiger partial charge in [0.05, 0.1) is 5.41 Å². The van der Waals surface area contributed by atoms with Crippen LogP contribution in [0.4, 0.5) is 8.78 Å². The van der Waals surface area contributed by atoms with Crippen molar-refractivity contribution in [3.8, 4) is 17.2 Å². The summed E-state index contributed by atoms with van der Waals surface area (Å²) < 4.78 is 40.4. The lowest BCUT2D eigenvalue weighted by molar-refractivity contribution is -0.128. The van der Waals surface area contributed by atoms with Crippen LogP contribution in [-0.4, -0.2) is 45.9 Å². The fraction of sp³-hybridized carbons (Fsp3) is 0.529. The zero-order valence-electron chi connectivity index (χ0n) is 16.1. The molecule has 0 saturated heterocycles. The molecule has 8 nitrogen and oxygen atoms in total. The molecule has 1 aliphatic heterocycles. The minimum atomic E-state index is -2.96. The van der Waals surface area contributed by atoms with E-state index in [9.17, 15) is 13.6 Å². The van der Waals surface area contributed by atoms with E-state index in [-0.39, 0.29) is 49.0 Å². The number of carbonyl (C=O) groups excluding carboxylic acids is 1. The van der Waals surface area contributed by atoms with Gasteiger partial charge in [-0.2, -0.15) is 8.78 Å². The van der Waals surface area contributed by atoms with E-state index in [0.29, 0.717) is 29.6 Å². The van der Waals surface area contributed by atoms with Gasteiger partial charge in [0.15, 0.2) is 17.5 Å². The zero-order valence-corrected chi connectivity index (χ0v) is 18.4. The van der Waals surface area contributed by atoms with Crippen molar-refractivity contribution >= 4 is 35.8 Å². The Labute approximate surface area is 179 Å². The Morgan fingerprint density at radius 2 is 1.93 bits per heavy atom. The largest absolute Gasteiger partial charge is 0.454 e. The van der Waals surface area contributed by atoms with E-state index in [1.54, 1.807) is 34.0 Å². The summed E-state index contributed by atoms with van der Waals surface area (Å²) in [6.45, 7) is 1.12. The fourth-order valence-corrected chi connectivity index (χ4v) is 2.43. The smallest absolute Gasteiger partial charge is 0.387 e. The first kappa shape index (κ1) is 24.0. The molecular formula is C17H25F2IN4O4. The third kappa shape index (κ3) is 6.24. The van der Waals surface area contributed by atoms with E-state index in [1.807, 2.05) is 0 Å². The number of carbonyl (C=O) groups is 1. The van der Waals surface area contributed by atoms with Crippen molar-refractivity contribution in [1.82, 2.24) is 16.0 Å². The van der Waals surface area contributed by atoms with Crippen LogP contribution in [0.2, 0.25) is 0 Å². The summed E-state index contributed by atoms with van der Waals surface area (Å²) in [7, 11) is 3.14. The van der Waals surface area contributed by atoms with Crippen molar-refractivity contribution in [3.63, 3.8) is 0 Å². The third-order valence-corrected chi connectivity index (χ3v) is 3.98. The number of halogens is 3. The van der Waals surface area contributed by atoms with Gasteiger partial charge in [-0.15, -0.1) is 24.0 Å². The average Bonchev–Trinajstić information content (AvgIpc) is 3.07. The van der Waals surface area contributed by atoms with E-state index >= 15 is 0 Å². The molecule has 11 heteroatoms. The minimum Gasteiger partial charge on any atom is -0.454 e. The number of ether oxygens (including phenoxy) is 3. The number of benzene rings is 1. The number of hydrogen-bond acceptors (Lipinski definition) is 5. The van der Waals surface area contributed by atoms with Crippen LogP contribution in [0.25, 0.3) is 0 Å². The Bertz CT molecular complexity index is 717. The topological polar surface area (TPSA) is 93.2 Å². The summed E-state index contributed by atoms with van der Waals surface area (Å²) in [5.41, 5.74) is -0.206. The molecule has 0 aromatic heterocycles. The molecule has 3 N–H and O–H groups in total. The van der Waals surface area contributed by atoms with Gasteiger partial charge >= 0.3 is 6.61 Å². The number of nitrogens with zero attached hydrogens (tertiary/aromatic N) is 1. The fourth-order valence-electron chi connectivity index (χ4n) is 2.43. The number of rotatable bonds is 7. The number of guanidine groups is 1. The predicted molar refractivity (Wildman–Crippen MR) is 111 cm³/mol. The van der Waals surface area contributed by atoms with Crippen molar-refractivity contribution in [2.45, 2.75) is 27.0 Å². The maximum atomic E-state index is 12.7. The monoisotopic (exact) mass is 514 g/mol. The van der Waals surface area contributed by atoms with Crippen LogP contribution in [-0.2, 0) is 11.3 Å². The SMILES string of the molecule is CN=C(NCc1cc2c(cc1OC(F)F)OCO2)NCC(C)(C)C(=O)NC.I. The van der Waals surface area contributed by atoms with Crippen molar-refractivity contribution in [2.75, 3.05) is 27.4 Å². The number of aliphatic imine (C=N–C) groups is 1. The standard InChI is InChI=1S/C17H24F2N4O4.HI/c1-17(2,14(24)20-3)8-23-16(21-4)22-7-10-5-12-13(26-9-25-12)6-11(10)27-15(18)19;/h5-6,15H,7-9H2,1-4H3,(H,20,24)(H2,21,22,23);1H. The van der Waals surface area contributed by atoms with Crippen LogP contribution in [0, 0.1) is 5.41 Å². The van der Waals surface area contributed by atoms with Crippen molar-refractivity contribution in [1.29, 1.82) is 0 Å². The Balaban J connectivity index is 0.00000392. The first-order valence-electron chi connectivity index (χ1n) is 8.31. The molecule has 1 heterocycles. The van der Waals surface area contributed by atoms with Crippen molar-refractivity contribution in [2.24, 2.45) is 10.4 Å². The molecule has 0 unspecified atom stereocenters. The molecule has 0 bridgehead atoms. The Kier molecular flexibility index (Phi) is 8.98. The summed E-state index contributed by atoms with van der Waals surface area (Å²) in [5.74, 6) is 1.09. The summed E-state index contributed by atoms with van der Waals surface area (Å²) >= 11 is 0. The van der Waals surface area contributed by atoms with E-state index in [4.69, 9.17) is 9.47 Å². The maximum absolute atomic E-state index is 12.7. The van der Waals surface area contributed by atoms with Crippen LogP contribution in [0.1, 0.15) is 19.4 Å². The van der Waals surface area contributed by atoms with E-state index in [1.165, 1.54) is 6.07 Å². The molecule has 0 aliphatic carbocycles. The lowest BCUT2D eigenvalue weighted by Crippen LogP contribution is -2.47. The highest BCUT2D eigenvalue weighted by molar-refractivity contribution is 14.0. The summed E-state index contributed by atoms with van der Waals surface area (Å²) in [4.78, 5) is 15.9. The first-order valence-corrected chi connectivity index (χ1v) is 8.31. The van der Waals surface area contributed by atoms with Crippen LogP contribution in [0.15, 0.2) is 17.1 Å². The van der Waals surface area contributed by atoms with Gasteiger partial charge in [0.2, 0.25) is 12.7 Å². The van der Waals surface area contributed by atoms with Gasteiger partial charge in [-0.05, 0) is 19.9 Å². The van der Waals surface area contributed by atoms with Gasteiger partial charge in [-0.25, -0.2) is 0 Å². The van der Waals surface area contributed by atoms with Gasteiger partial charge in [0.1, 0.15) is 5.75 Å². The molecule has 158 valence electrons. The zero-order chi connectivity index (χ0) is 20.0. The molecule has 1 amide bonds. The second kappa shape index (κ2) is 10.5. The van der Waals surface area contributed by atoms with Crippen LogP contribution in [0.5, 0.6) is 17.2 Å². The van der Waals surface area contributed by atoms with Crippen molar-refractivity contribution < 1.29 is 27.8 Å². The average molecular weight is 514 g/mol.